The molecular formula is C16H16FN3O2S. The predicted molar refractivity (Wildman–Crippen MR) is 83.4 cm³/mol. The number of rotatable bonds is 5. The number of nitrogens with zero attached hydrogens (tertiary/aromatic N) is 2. The van der Waals surface area contributed by atoms with E-state index in [1.807, 2.05) is 6.07 Å². The number of nitrogens with one attached hydrogen (secondary N) is 1. The summed E-state index contributed by atoms with van der Waals surface area (Å²) in [7, 11) is -2.14. The van der Waals surface area contributed by atoms with Gasteiger partial charge in [-0.15, -0.1) is 0 Å². The van der Waals surface area contributed by atoms with Crippen LogP contribution in [-0.4, -0.2) is 19.5 Å². The highest BCUT2D eigenvalue weighted by molar-refractivity contribution is 7.89. The highest BCUT2D eigenvalue weighted by Gasteiger charge is 2.26. The molecule has 120 valence electrons. The first-order chi connectivity index (χ1) is 10.9. The summed E-state index contributed by atoms with van der Waals surface area (Å²) in [6, 6.07) is 9.36. The van der Waals surface area contributed by atoms with E-state index in [4.69, 9.17) is 5.26 Å². The molecule has 0 amide bonds. The maximum atomic E-state index is 14.3. The molecule has 2 aromatic rings. The van der Waals surface area contributed by atoms with E-state index in [0.29, 0.717) is 29.4 Å². The van der Waals surface area contributed by atoms with Crippen molar-refractivity contribution < 1.29 is 12.8 Å². The Balaban J connectivity index is 1.91. The Morgan fingerprint density at radius 1 is 1.35 bits per heavy atom. The number of aromatic nitrogens is 1. The minimum atomic E-state index is -3.84. The van der Waals surface area contributed by atoms with Crippen LogP contribution in [0.25, 0.3) is 11.3 Å². The van der Waals surface area contributed by atoms with Crippen molar-refractivity contribution in [1.82, 2.24) is 9.29 Å². The molecule has 3 rings (SSSR count). The molecule has 1 aliphatic carbocycles. The standard InChI is InChI=1S/C16H16FN3O2S/c1-20-13(9-18)5-6-15(20)12-4-7-16(14(17)8-12)23(21,22)19-10-11-2-3-11/h4-8,11,19H,2-3,10H2,1H3. The molecule has 0 aliphatic heterocycles. The zero-order valence-corrected chi connectivity index (χ0v) is 13.4. The highest BCUT2D eigenvalue weighted by atomic mass is 32.2. The first-order valence-electron chi connectivity index (χ1n) is 7.28. The smallest absolute Gasteiger partial charge is 0.243 e. The van der Waals surface area contributed by atoms with Crippen LogP contribution in [0.5, 0.6) is 0 Å². The zero-order chi connectivity index (χ0) is 16.6. The SMILES string of the molecule is Cn1c(C#N)ccc1-c1ccc(S(=O)(=O)NCC2CC2)c(F)c1. The van der Waals surface area contributed by atoms with E-state index < -0.39 is 15.8 Å². The summed E-state index contributed by atoms with van der Waals surface area (Å²) >= 11 is 0. The Hall–Kier alpha value is -2.17. The number of benzene rings is 1. The van der Waals surface area contributed by atoms with Crippen molar-refractivity contribution in [1.29, 1.82) is 5.26 Å². The van der Waals surface area contributed by atoms with Crippen molar-refractivity contribution in [3.63, 3.8) is 0 Å². The van der Waals surface area contributed by atoms with Gasteiger partial charge in [-0.1, -0.05) is 6.07 Å². The summed E-state index contributed by atoms with van der Waals surface area (Å²) in [6.07, 6.45) is 2.03. The zero-order valence-electron chi connectivity index (χ0n) is 12.6. The van der Waals surface area contributed by atoms with Crippen molar-refractivity contribution in [2.75, 3.05) is 6.54 Å². The third kappa shape index (κ3) is 3.14. The molecular weight excluding hydrogens is 317 g/mol. The van der Waals surface area contributed by atoms with Crippen molar-refractivity contribution in [2.45, 2.75) is 17.7 Å². The predicted octanol–water partition coefficient (Wildman–Crippen LogP) is 2.39. The van der Waals surface area contributed by atoms with Gasteiger partial charge >= 0.3 is 0 Å². The summed E-state index contributed by atoms with van der Waals surface area (Å²) in [6.45, 7) is 0.354. The van der Waals surface area contributed by atoms with Crippen LogP contribution in [0.3, 0.4) is 0 Å². The lowest BCUT2D eigenvalue weighted by molar-refractivity contribution is 0.554. The second-order valence-corrected chi connectivity index (χ2v) is 7.45. The van der Waals surface area contributed by atoms with Crippen LogP contribution >= 0.6 is 0 Å². The fourth-order valence-corrected chi connectivity index (χ4v) is 3.59. The molecule has 0 radical (unpaired) electrons. The molecule has 0 bridgehead atoms. The van der Waals surface area contributed by atoms with E-state index in [9.17, 15) is 12.8 Å². The molecule has 1 heterocycles. The van der Waals surface area contributed by atoms with E-state index in [-0.39, 0.29) is 4.90 Å². The summed E-state index contributed by atoms with van der Waals surface area (Å²) in [4.78, 5) is -0.350. The quantitative estimate of drug-likeness (QED) is 0.913. The van der Waals surface area contributed by atoms with Crippen LogP contribution in [-0.2, 0) is 17.1 Å². The molecule has 1 aromatic heterocycles. The Kier molecular flexibility index (Phi) is 3.96. The van der Waals surface area contributed by atoms with Gasteiger partial charge in [-0.3, -0.25) is 0 Å². The Morgan fingerprint density at radius 2 is 2.09 bits per heavy atom. The second kappa shape index (κ2) is 5.80. The van der Waals surface area contributed by atoms with Gasteiger partial charge in [0.15, 0.2) is 0 Å². The van der Waals surface area contributed by atoms with Gasteiger partial charge in [-0.2, -0.15) is 5.26 Å². The summed E-state index contributed by atoms with van der Waals surface area (Å²) < 4.78 is 42.7. The third-order valence-electron chi connectivity index (χ3n) is 4.01. The lowest BCUT2D eigenvalue weighted by Crippen LogP contribution is -2.26. The number of hydrogen-bond donors (Lipinski definition) is 1. The molecule has 1 N–H and O–H groups in total. The van der Waals surface area contributed by atoms with E-state index in [0.717, 1.165) is 12.8 Å². The molecule has 1 fully saturated rings. The van der Waals surface area contributed by atoms with Crippen LogP contribution in [0.2, 0.25) is 0 Å². The average Bonchev–Trinajstić information content (AvgIpc) is 3.27. The maximum Gasteiger partial charge on any atom is 0.243 e. The summed E-state index contributed by atoms with van der Waals surface area (Å²) in [5, 5.41) is 8.96. The minimum absolute atomic E-state index is 0.350. The lowest BCUT2D eigenvalue weighted by atomic mass is 10.1. The number of nitriles is 1. The topological polar surface area (TPSA) is 74.9 Å². The Bertz CT molecular complexity index is 893. The Morgan fingerprint density at radius 3 is 2.65 bits per heavy atom. The third-order valence-corrected chi connectivity index (χ3v) is 5.47. The summed E-state index contributed by atoms with van der Waals surface area (Å²) in [5.41, 5.74) is 1.62. The molecule has 5 nitrogen and oxygen atoms in total. The van der Waals surface area contributed by atoms with Gasteiger partial charge in [0.05, 0.1) is 0 Å². The van der Waals surface area contributed by atoms with Crippen molar-refractivity contribution in [3.05, 3.63) is 41.8 Å². The number of hydrogen-bond acceptors (Lipinski definition) is 3. The number of sulfonamides is 1. The minimum Gasteiger partial charge on any atom is -0.335 e. The summed E-state index contributed by atoms with van der Waals surface area (Å²) in [5.74, 6) is -0.426. The highest BCUT2D eigenvalue weighted by Crippen LogP contribution is 2.29. The molecule has 1 aliphatic rings. The molecule has 1 saturated carbocycles. The van der Waals surface area contributed by atoms with E-state index in [1.165, 1.54) is 12.1 Å². The van der Waals surface area contributed by atoms with Gasteiger partial charge in [0.25, 0.3) is 0 Å². The first kappa shape index (κ1) is 15.7. The van der Waals surface area contributed by atoms with Gasteiger partial charge in [-0.05, 0) is 43.0 Å². The van der Waals surface area contributed by atoms with Crippen molar-refractivity contribution in [3.8, 4) is 17.3 Å². The molecule has 0 atom stereocenters. The van der Waals surface area contributed by atoms with Crippen LogP contribution in [0.4, 0.5) is 4.39 Å². The molecule has 1 aromatic carbocycles. The molecule has 7 heteroatoms. The van der Waals surface area contributed by atoms with Crippen LogP contribution in [0, 0.1) is 23.1 Å². The fraction of sp³-hybridized carbons (Fsp3) is 0.312. The van der Waals surface area contributed by atoms with E-state index in [2.05, 4.69) is 4.72 Å². The molecule has 0 spiro atoms. The Labute approximate surface area is 134 Å². The maximum absolute atomic E-state index is 14.3. The van der Waals surface area contributed by atoms with Crippen LogP contribution < -0.4 is 4.72 Å². The molecule has 0 saturated heterocycles. The van der Waals surface area contributed by atoms with Gasteiger partial charge in [0.2, 0.25) is 10.0 Å². The molecule has 0 unspecified atom stereocenters. The van der Waals surface area contributed by atoms with Gasteiger partial charge in [0.1, 0.15) is 22.5 Å². The normalized spacial score (nSPS) is 14.7. The first-order valence-corrected chi connectivity index (χ1v) is 8.76. The average molecular weight is 333 g/mol. The lowest BCUT2D eigenvalue weighted by Gasteiger charge is -2.09. The largest absolute Gasteiger partial charge is 0.335 e. The monoisotopic (exact) mass is 333 g/mol. The second-order valence-electron chi connectivity index (χ2n) is 5.72. The van der Waals surface area contributed by atoms with Gasteiger partial charge < -0.3 is 4.57 Å². The van der Waals surface area contributed by atoms with E-state index >= 15 is 0 Å². The van der Waals surface area contributed by atoms with Crippen LogP contribution in [0.15, 0.2) is 35.2 Å². The van der Waals surface area contributed by atoms with Crippen molar-refractivity contribution >= 4 is 10.0 Å². The van der Waals surface area contributed by atoms with Gasteiger partial charge in [-0.25, -0.2) is 17.5 Å². The number of halogens is 1. The fourth-order valence-electron chi connectivity index (χ4n) is 2.42. The molecule has 23 heavy (non-hydrogen) atoms. The van der Waals surface area contributed by atoms with E-state index in [1.54, 1.807) is 29.8 Å². The van der Waals surface area contributed by atoms with Crippen molar-refractivity contribution in [2.24, 2.45) is 13.0 Å². The van der Waals surface area contributed by atoms with Gasteiger partial charge in [0, 0.05) is 24.8 Å². The van der Waals surface area contributed by atoms with Crippen LogP contribution in [0.1, 0.15) is 18.5 Å².